The normalized spacial score (nSPS) is 11.6. The first-order valence-electron chi connectivity index (χ1n) is 5.63. The molecule has 0 aliphatic rings. The van der Waals surface area contributed by atoms with Crippen molar-refractivity contribution >= 4 is 27.6 Å². The van der Waals surface area contributed by atoms with Gasteiger partial charge in [-0.15, -0.1) is 0 Å². The summed E-state index contributed by atoms with van der Waals surface area (Å²) in [4.78, 5) is 10.5. The van der Waals surface area contributed by atoms with Crippen molar-refractivity contribution in [2.75, 3.05) is 6.54 Å². The highest BCUT2D eigenvalue weighted by Gasteiger charge is 2.31. The minimum atomic E-state index is -4.12. The van der Waals surface area contributed by atoms with Crippen LogP contribution in [0, 0.1) is 11.3 Å². The number of halogens is 1. The molecule has 6 nitrogen and oxygen atoms in total. The monoisotopic (exact) mass is 316 g/mol. The zero-order chi connectivity index (χ0) is 15.5. The third kappa shape index (κ3) is 3.48. The number of rotatable bonds is 5. The quantitative estimate of drug-likeness (QED) is 0.891. The zero-order valence-electron chi connectivity index (χ0n) is 10.9. The number of hydrogen-bond donors (Lipinski definition) is 1. The van der Waals surface area contributed by atoms with E-state index in [1.165, 1.54) is 12.1 Å². The largest absolute Gasteiger partial charge is 0.480 e. The molecular weight excluding hydrogens is 304 g/mol. The Morgan fingerprint density at radius 1 is 1.50 bits per heavy atom. The number of nitrogens with zero attached hydrogens (tertiary/aromatic N) is 2. The zero-order valence-corrected chi connectivity index (χ0v) is 12.4. The Balaban J connectivity index is 3.45. The molecule has 1 aromatic carbocycles. The van der Waals surface area contributed by atoms with Crippen molar-refractivity contribution in [3.63, 3.8) is 0 Å². The van der Waals surface area contributed by atoms with Gasteiger partial charge in [-0.2, -0.15) is 9.57 Å². The van der Waals surface area contributed by atoms with Crippen molar-refractivity contribution in [3.8, 4) is 6.07 Å². The van der Waals surface area contributed by atoms with Gasteiger partial charge < -0.3 is 5.11 Å². The predicted octanol–water partition coefficient (Wildman–Crippen LogP) is 1.70. The van der Waals surface area contributed by atoms with E-state index < -0.39 is 28.6 Å². The van der Waals surface area contributed by atoms with E-state index in [-0.39, 0.29) is 15.5 Å². The summed E-state index contributed by atoms with van der Waals surface area (Å²) in [6.45, 7) is 2.42. The molecule has 0 radical (unpaired) electrons. The summed E-state index contributed by atoms with van der Waals surface area (Å²) >= 11 is 5.76. The molecule has 0 aliphatic carbocycles. The Kier molecular flexibility index (Phi) is 5.11. The molecule has 0 aliphatic heterocycles. The fourth-order valence-electron chi connectivity index (χ4n) is 1.61. The molecule has 0 fully saturated rings. The highest BCUT2D eigenvalue weighted by atomic mass is 35.5. The first-order chi connectivity index (χ1) is 9.20. The van der Waals surface area contributed by atoms with Crippen LogP contribution in [0.2, 0.25) is 5.02 Å². The van der Waals surface area contributed by atoms with Gasteiger partial charge in [0.05, 0.1) is 5.56 Å². The van der Waals surface area contributed by atoms with E-state index in [0.717, 1.165) is 10.4 Å². The highest BCUT2D eigenvalue weighted by Crippen LogP contribution is 2.24. The lowest BCUT2D eigenvalue weighted by Crippen LogP contribution is -2.40. The smallest absolute Gasteiger partial charge is 0.318 e. The van der Waals surface area contributed by atoms with Crippen molar-refractivity contribution < 1.29 is 18.3 Å². The molecule has 20 heavy (non-hydrogen) atoms. The van der Waals surface area contributed by atoms with Crippen molar-refractivity contribution in [1.82, 2.24) is 4.31 Å². The Labute approximate surface area is 122 Å². The molecule has 0 unspecified atom stereocenters. The maximum Gasteiger partial charge on any atom is 0.318 e. The van der Waals surface area contributed by atoms with Crippen LogP contribution in [0.15, 0.2) is 23.1 Å². The molecule has 0 saturated heterocycles. The van der Waals surface area contributed by atoms with E-state index in [4.69, 9.17) is 22.0 Å². The van der Waals surface area contributed by atoms with Gasteiger partial charge >= 0.3 is 5.97 Å². The van der Waals surface area contributed by atoms with Crippen LogP contribution in [0.4, 0.5) is 0 Å². The fraction of sp³-hybridized carbons (Fsp3) is 0.333. The van der Waals surface area contributed by atoms with Crippen molar-refractivity contribution in [2.45, 2.75) is 24.8 Å². The van der Waals surface area contributed by atoms with Gasteiger partial charge in [-0.3, -0.25) is 4.79 Å². The van der Waals surface area contributed by atoms with E-state index in [0.29, 0.717) is 0 Å². The van der Waals surface area contributed by atoms with Gasteiger partial charge in [0.2, 0.25) is 10.0 Å². The number of hydrogen-bond acceptors (Lipinski definition) is 4. The van der Waals surface area contributed by atoms with Crippen LogP contribution in [0.5, 0.6) is 0 Å². The molecule has 0 heterocycles. The number of carboxylic acid groups (broad SMARTS) is 1. The van der Waals surface area contributed by atoms with Gasteiger partial charge in [-0.25, -0.2) is 8.42 Å². The minimum Gasteiger partial charge on any atom is -0.480 e. The molecule has 0 amide bonds. The number of benzene rings is 1. The maximum atomic E-state index is 12.5. The molecule has 1 N–H and O–H groups in total. The number of aliphatic carboxylic acids is 1. The summed E-state index contributed by atoms with van der Waals surface area (Å²) in [5, 5.41) is 18.0. The SMILES string of the molecule is CC(C)N(CC(=O)O)S(=O)(=O)c1cc(Cl)ccc1C#N. The van der Waals surface area contributed by atoms with Crippen molar-refractivity contribution in [2.24, 2.45) is 0 Å². The Morgan fingerprint density at radius 3 is 2.55 bits per heavy atom. The summed E-state index contributed by atoms with van der Waals surface area (Å²) in [6.07, 6.45) is 0. The third-order valence-electron chi connectivity index (χ3n) is 2.52. The van der Waals surface area contributed by atoms with Crippen LogP contribution in [0.1, 0.15) is 19.4 Å². The maximum absolute atomic E-state index is 12.5. The molecule has 8 heteroatoms. The third-order valence-corrected chi connectivity index (χ3v) is 4.81. The van der Waals surface area contributed by atoms with Gasteiger partial charge in [-0.05, 0) is 32.0 Å². The number of sulfonamides is 1. The van der Waals surface area contributed by atoms with Crippen LogP contribution < -0.4 is 0 Å². The Bertz CT molecular complexity index is 665. The Hall–Kier alpha value is -1.62. The van der Waals surface area contributed by atoms with E-state index >= 15 is 0 Å². The van der Waals surface area contributed by atoms with Gasteiger partial charge in [0, 0.05) is 11.1 Å². The van der Waals surface area contributed by atoms with Crippen LogP contribution in [-0.4, -0.2) is 36.4 Å². The van der Waals surface area contributed by atoms with E-state index in [9.17, 15) is 13.2 Å². The average Bonchev–Trinajstić information content (AvgIpc) is 2.35. The van der Waals surface area contributed by atoms with Gasteiger partial charge in [-0.1, -0.05) is 11.6 Å². The van der Waals surface area contributed by atoms with E-state index in [1.54, 1.807) is 19.9 Å². The van der Waals surface area contributed by atoms with E-state index in [1.807, 2.05) is 0 Å². The van der Waals surface area contributed by atoms with Crippen LogP contribution in [0.3, 0.4) is 0 Å². The first-order valence-corrected chi connectivity index (χ1v) is 7.45. The molecule has 1 rings (SSSR count). The van der Waals surface area contributed by atoms with Crippen LogP contribution in [0.25, 0.3) is 0 Å². The second-order valence-electron chi connectivity index (χ2n) is 4.29. The topological polar surface area (TPSA) is 98.5 Å². The highest BCUT2D eigenvalue weighted by molar-refractivity contribution is 7.89. The van der Waals surface area contributed by atoms with Crippen LogP contribution in [-0.2, 0) is 14.8 Å². The number of carbonyl (C=O) groups is 1. The predicted molar refractivity (Wildman–Crippen MR) is 72.8 cm³/mol. The molecule has 1 aromatic rings. The number of carboxylic acids is 1. The summed E-state index contributed by atoms with van der Waals surface area (Å²) < 4.78 is 25.8. The molecule has 0 aromatic heterocycles. The summed E-state index contributed by atoms with van der Waals surface area (Å²) in [6, 6.07) is 5.03. The standard InChI is InChI=1S/C12H13ClN2O4S/c1-8(2)15(7-12(16)17)20(18,19)11-5-10(13)4-3-9(11)6-14/h3-5,8H,7H2,1-2H3,(H,16,17). The summed E-state index contributed by atoms with van der Waals surface area (Å²) in [5.74, 6) is -1.28. The van der Waals surface area contributed by atoms with Crippen LogP contribution >= 0.6 is 11.6 Å². The Morgan fingerprint density at radius 2 is 2.10 bits per heavy atom. The molecule has 0 atom stereocenters. The molecule has 108 valence electrons. The lowest BCUT2D eigenvalue weighted by atomic mass is 10.2. The molecule has 0 bridgehead atoms. The summed E-state index contributed by atoms with van der Waals surface area (Å²) in [7, 11) is -4.12. The van der Waals surface area contributed by atoms with Crippen molar-refractivity contribution in [1.29, 1.82) is 5.26 Å². The first kappa shape index (κ1) is 16.4. The molecule has 0 spiro atoms. The lowest BCUT2D eigenvalue weighted by Gasteiger charge is -2.24. The lowest BCUT2D eigenvalue weighted by molar-refractivity contribution is -0.137. The minimum absolute atomic E-state index is 0.0783. The number of nitriles is 1. The molecular formula is C12H13ClN2O4S. The van der Waals surface area contributed by atoms with E-state index in [2.05, 4.69) is 0 Å². The average molecular weight is 317 g/mol. The summed E-state index contributed by atoms with van der Waals surface area (Å²) in [5.41, 5.74) is -0.0783. The fourth-order valence-corrected chi connectivity index (χ4v) is 3.60. The molecule has 0 saturated carbocycles. The second-order valence-corrected chi connectivity index (χ2v) is 6.59. The van der Waals surface area contributed by atoms with Gasteiger partial charge in [0.25, 0.3) is 0 Å². The second kappa shape index (κ2) is 6.22. The van der Waals surface area contributed by atoms with Gasteiger partial charge in [0.15, 0.2) is 0 Å². The van der Waals surface area contributed by atoms with Gasteiger partial charge in [0.1, 0.15) is 17.5 Å². The van der Waals surface area contributed by atoms with Crippen molar-refractivity contribution in [3.05, 3.63) is 28.8 Å².